The number of hydrogen-bond acceptors (Lipinski definition) is 3. The fourth-order valence-corrected chi connectivity index (χ4v) is 3.30. The normalized spacial score (nSPS) is 10.5. The van der Waals surface area contributed by atoms with E-state index in [2.05, 4.69) is 5.32 Å². The number of hydrogen-bond donors (Lipinski definition) is 1. The standard InChI is InChI=1S/C26H22N2O3/c1-28(23-12-3-2-4-13-23)26(30)21-10-7-11-22(16-21)27-25(29)18-31-24-15-14-19-8-5-6-9-20(19)17-24/h2-17H,18H2,1H3,(H,27,29). The first kappa shape index (κ1) is 20.2. The second-order valence-electron chi connectivity index (χ2n) is 7.13. The van der Waals surface area contributed by atoms with Gasteiger partial charge in [0.25, 0.3) is 11.8 Å². The first-order valence-corrected chi connectivity index (χ1v) is 9.95. The van der Waals surface area contributed by atoms with Gasteiger partial charge >= 0.3 is 0 Å². The Morgan fingerprint density at radius 2 is 1.55 bits per heavy atom. The van der Waals surface area contributed by atoms with Gasteiger partial charge in [-0.15, -0.1) is 0 Å². The Balaban J connectivity index is 1.38. The second kappa shape index (κ2) is 9.13. The largest absolute Gasteiger partial charge is 0.484 e. The Labute approximate surface area is 180 Å². The van der Waals surface area contributed by atoms with Gasteiger partial charge in [-0.25, -0.2) is 0 Å². The van der Waals surface area contributed by atoms with E-state index in [-0.39, 0.29) is 18.4 Å². The molecule has 0 saturated heterocycles. The lowest BCUT2D eigenvalue weighted by Crippen LogP contribution is -2.26. The molecular weight excluding hydrogens is 388 g/mol. The third-order valence-electron chi connectivity index (χ3n) is 4.93. The molecule has 0 saturated carbocycles. The van der Waals surface area contributed by atoms with Gasteiger partial charge in [0.05, 0.1) is 0 Å². The SMILES string of the molecule is CN(C(=O)c1cccc(NC(=O)COc2ccc3ccccc3c2)c1)c1ccccc1. The van der Waals surface area contributed by atoms with E-state index in [4.69, 9.17) is 4.74 Å². The van der Waals surface area contributed by atoms with E-state index in [1.165, 1.54) is 0 Å². The quantitative estimate of drug-likeness (QED) is 0.479. The summed E-state index contributed by atoms with van der Waals surface area (Å²) in [5, 5.41) is 4.95. The maximum Gasteiger partial charge on any atom is 0.262 e. The molecule has 0 spiro atoms. The molecule has 5 heteroatoms. The van der Waals surface area contributed by atoms with E-state index in [1.54, 1.807) is 36.2 Å². The molecule has 0 aliphatic carbocycles. The summed E-state index contributed by atoms with van der Waals surface area (Å²) < 4.78 is 5.63. The van der Waals surface area contributed by atoms with Crippen LogP contribution >= 0.6 is 0 Å². The van der Waals surface area contributed by atoms with Gasteiger partial charge in [-0.05, 0) is 53.2 Å². The third-order valence-corrected chi connectivity index (χ3v) is 4.93. The van der Waals surface area contributed by atoms with Crippen LogP contribution in [0, 0.1) is 0 Å². The van der Waals surface area contributed by atoms with E-state index < -0.39 is 0 Å². The number of carbonyl (C=O) groups excluding carboxylic acids is 2. The number of fused-ring (bicyclic) bond motifs is 1. The fraction of sp³-hybridized carbons (Fsp3) is 0.0769. The van der Waals surface area contributed by atoms with Crippen molar-refractivity contribution in [1.82, 2.24) is 0 Å². The molecule has 0 aromatic heterocycles. The zero-order valence-electron chi connectivity index (χ0n) is 17.1. The average molecular weight is 410 g/mol. The molecule has 0 fully saturated rings. The molecule has 2 amide bonds. The van der Waals surface area contributed by atoms with Gasteiger partial charge in [0, 0.05) is 24.0 Å². The van der Waals surface area contributed by atoms with Crippen LogP contribution < -0.4 is 15.0 Å². The van der Waals surface area contributed by atoms with Crippen LogP contribution in [0.2, 0.25) is 0 Å². The Bertz CT molecular complexity index is 1220. The zero-order valence-corrected chi connectivity index (χ0v) is 17.1. The Hall–Kier alpha value is -4.12. The lowest BCUT2D eigenvalue weighted by Gasteiger charge is -2.17. The maximum atomic E-state index is 12.8. The minimum Gasteiger partial charge on any atom is -0.484 e. The smallest absolute Gasteiger partial charge is 0.262 e. The number of ether oxygens (including phenoxy) is 1. The summed E-state index contributed by atoms with van der Waals surface area (Å²) in [7, 11) is 1.72. The average Bonchev–Trinajstić information content (AvgIpc) is 2.82. The molecule has 5 nitrogen and oxygen atoms in total. The van der Waals surface area contributed by atoms with Gasteiger partial charge in [-0.3, -0.25) is 9.59 Å². The Morgan fingerprint density at radius 1 is 0.806 bits per heavy atom. The number of benzene rings is 4. The number of para-hydroxylation sites is 1. The first-order valence-electron chi connectivity index (χ1n) is 9.95. The predicted octanol–water partition coefficient (Wildman–Crippen LogP) is 5.13. The lowest BCUT2D eigenvalue weighted by molar-refractivity contribution is -0.118. The van der Waals surface area contributed by atoms with Crippen LogP contribution in [0.1, 0.15) is 10.4 Å². The molecule has 0 atom stereocenters. The summed E-state index contributed by atoms with van der Waals surface area (Å²) in [5.74, 6) is 0.172. The van der Waals surface area contributed by atoms with Gasteiger partial charge in [0.15, 0.2) is 6.61 Å². The summed E-state index contributed by atoms with van der Waals surface area (Å²) in [4.78, 5) is 26.7. The van der Waals surface area contributed by atoms with Gasteiger partial charge in [-0.2, -0.15) is 0 Å². The highest BCUT2D eigenvalue weighted by atomic mass is 16.5. The van der Waals surface area contributed by atoms with Crippen LogP contribution in [-0.4, -0.2) is 25.5 Å². The number of carbonyl (C=O) groups is 2. The molecule has 0 aliphatic rings. The van der Waals surface area contributed by atoms with E-state index in [0.29, 0.717) is 17.0 Å². The second-order valence-corrected chi connectivity index (χ2v) is 7.13. The molecule has 0 aliphatic heterocycles. The maximum absolute atomic E-state index is 12.8. The molecule has 31 heavy (non-hydrogen) atoms. The van der Waals surface area contributed by atoms with E-state index >= 15 is 0 Å². The van der Waals surface area contributed by atoms with Crippen molar-refractivity contribution in [3.8, 4) is 5.75 Å². The third kappa shape index (κ3) is 4.90. The number of rotatable bonds is 6. The summed E-state index contributed by atoms with van der Waals surface area (Å²) in [6, 6.07) is 29.9. The predicted molar refractivity (Wildman–Crippen MR) is 124 cm³/mol. The van der Waals surface area contributed by atoms with Crippen molar-refractivity contribution in [2.75, 3.05) is 23.9 Å². The molecule has 154 valence electrons. The van der Waals surface area contributed by atoms with E-state index in [0.717, 1.165) is 16.5 Å². The van der Waals surface area contributed by atoms with Crippen LogP contribution in [0.4, 0.5) is 11.4 Å². The minimum atomic E-state index is -0.297. The first-order chi connectivity index (χ1) is 15.1. The van der Waals surface area contributed by atoms with Crippen molar-refractivity contribution in [3.05, 3.63) is 103 Å². The van der Waals surface area contributed by atoms with Crippen molar-refractivity contribution in [1.29, 1.82) is 0 Å². The molecule has 4 aromatic carbocycles. The molecule has 1 N–H and O–H groups in total. The Morgan fingerprint density at radius 3 is 2.35 bits per heavy atom. The summed E-state index contributed by atoms with van der Waals surface area (Å²) >= 11 is 0. The molecule has 4 rings (SSSR count). The number of nitrogens with zero attached hydrogens (tertiary/aromatic N) is 1. The van der Waals surface area contributed by atoms with Gasteiger partial charge in [-0.1, -0.05) is 54.6 Å². The fourth-order valence-electron chi connectivity index (χ4n) is 3.30. The zero-order chi connectivity index (χ0) is 21.6. The molecule has 0 bridgehead atoms. The van der Waals surface area contributed by atoms with Crippen molar-refractivity contribution in [2.45, 2.75) is 0 Å². The van der Waals surface area contributed by atoms with Crippen molar-refractivity contribution < 1.29 is 14.3 Å². The highest BCUT2D eigenvalue weighted by Gasteiger charge is 2.14. The lowest BCUT2D eigenvalue weighted by atomic mass is 10.1. The number of anilines is 2. The molecule has 0 unspecified atom stereocenters. The van der Waals surface area contributed by atoms with Crippen molar-refractivity contribution in [2.24, 2.45) is 0 Å². The van der Waals surface area contributed by atoms with Crippen LogP contribution in [0.5, 0.6) is 5.75 Å². The Kier molecular flexibility index (Phi) is 5.94. The van der Waals surface area contributed by atoms with Gasteiger partial charge in [0.2, 0.25) is 0 Å². The molecule has 0 radical (unpaired) electrons. The highest BCUT2D eigenvalue weighted by molar-refractivity contribution is 6.06. The van der Waals surface area contributed by atoms with Crippen LogP contribution in [-0.2, 0) is 4.79 Å². The molecule has 4 aromatic rings. The summed E-state index contributed by atoms with van der Waals surface area (Å²) in [6.45, 7) is -0.125. The molecular formula is C26H22N2O3. The minimum absolute atomic E-state index is 0.125. The van der Waals surface area contributed by atoms with Crippen molar-refractivity contribution >= 4 is 34.0 Å². The van der Waals surface area contributed by atoms with Crippen LogP contribution in [0.3, 0.4) is 0 Å². The summed E-state index contributed by atoms with van der Waals surface area (Å²) in [6.07, 6.45) is 0. The molecule has 0 heterocycles. The van der Waals surface area contributed by atoms with E-state index in [9.17, 15) is 9.59 Å². The topological polar surface area (TPSA) is 58.6 Å². The monoisotopic (exact) mass is 410 g/mol. The van der Waals surface area contributed by atoms with Crippen molar-refractivity contribution in [3.63, 3.8) is 0 Å². The number of nitrogens with one attached hydrogen (secondary N) is 1. The highest BCUT2D eigenvalue weighted by Crippen LogP contribution is 2.21. The van der Waals surface area contributed by atoms with Crippen LogP contribution in [0.25, 0.3) is 10.8 Å². The van der Waals surface area contributed by atoms with Crippen LogP contribution in [0.15, 0.2) is 97.1 Å². The summed E-state index contributed by atoms with van der Waals surface area (Å²) in [5.41, 5.74) is 1.82. The van der Waals surface area contributed by atoms with Gasteiger partial charge < -0.3 is 15.0 Å². The van der Waals surface area contributed by atoms with Gasteiger partial charge in [0.1, 0.15) is 5.75 Å². The number of amides is 2. The van der Waals surface area contributed by atoms with E-state index in [1.807, 2.05) is 72.8 Å².